The predicted molar refractivity (Wildman–Crippen MR) is 212 cm³/mol. The molecule has 316 valence electrons. The van der Waals surface area contributed by atoms with E-state index in [1.54, 1.807) is 24.3 Å². The van der Waals surface area contributed by atoms with Gasteiger partial charge in [-0.25, -0.2) is 9.46 Å². The number of methoxy groups -OCH3 is 2. The van der Waals surface area contributed by atoms with Gasteiger partial charge < -0.3 is 33.3 Å². The van der Waals surface area contributed by atoms with Crippen LogP contribution in [0.25, 0.3) is 0 Å². The molecule has 1 aromatic heterocycles. The first kappa shape index (κ1) is 45.0. The Bertz CT molecular complexity index is 2090. The summed E-state index contributed by atoms with van der Waals surface area (Å²) in [7, 11) is 0.897. The van der Waals surface area contributed by atoms with Gasteiger partial charge in [-0.15, -0.1) is 0 Å². The Morgan fingerprint density at radius 1 is 0.915 bits per heavy atom. The molecule has 3 aromatic carbocycles. The zero-order chi connectivity index (χ0) is 42.9. The number of rotatable bonds is 18. The lowest BCUT2D eigenvalue weighted by molar-refractivity contribution is -0.175. The fourth-order valence-corrected chi connectivity index (χ4v) is 8.71. The SMILES string of the molecule is COc1ccc(C(OC[C@H]2O[C@@H](n3ccc(=O)[nH]c3=O)C(NC(=O)C(F)(F)F)[C@H]2OP(OCCC#N)N(C(C)C)C(C)C)(c2ccccc2)c2ccc(OC)cc2)cc1. The number of carbonyl (C=O) groups excluding carboxylic acids is 1. The van der Waals surface area contributed by atoms with Crippen LogP contribution in [0.2, 0.25) is 0 Å². The first-order valence-corrected chi connectivity index (χ1v) is 19.9. The van der Waals surface area contributed by atoms with Crippen LogP contribution < -0.4 is 26.0 Å². The Balaban J connectivity index is 1.71. The molecule has 4 aromatic rings. The molecule has 1 aliphatic heterocycles. The summed E-state index contributed by atoms with van der Waals surface area (Å²) >= 11 is 0. The van der Waals surface area contributed by atoms with E-state index in [1.807, 2.05) is 98.3 Å². The van der Waals surface area contributed by atoms with E-state index in [0.29, 0.717) is 28.2 Å². The molecule has 5 atom stereocenters. The van der Waals surface area contributed by atoms with Crippen molar-refractivity contribution in [2.24, 2.45) is 0 Å². The van der Waals surface area contributed by atoms with Crippen molar-refractivity contribution < 1.29 is 46.0 Å². The van der Waals surface area contributed by atoms with E-state index in [2.05, 4.69) is 4.98 Å². The lowest BCUT2D eigenvalue weighted by Gasteiger charge is -2.39. The van der Waals surface area contributed by atoms with Gasteiger partial charge in [0.05, 0.1) is 39.9 Å². The Hall–Kier alpha value is -5.08. The molecule has 0 radical (unpaired) electrons. The summed E-state index contributed by atoms with van der Waals surface area (Å²) < 4.78 is 82.2. The third-order valence-electron chi connectivity index (χ3n) is 9.53. The highest BCUT2D eigenvalue weighted by Crippen LogP contribution is 2.51. The van der Waals surface area contributed by atoms with E-state index in [0.717, 1.165) is 16.8 Å². The van der Waals surface area contributed by atoms with Crippen LogP contribution in [-0.2, 0) is 28.9 Å². The van der Waals surface area contributed by atoms with Crippen molar-refractivity contribution in [1.82, 2.24) is 19.5 Å². The number of benzene rings is 3. The number of nitriles is 1. The number of nitrogens with one attached hydrogen (secondary N) is 2. The van der Waals surface area contributed by atoms with Gasteiger partial charge in [-0.05, 0) is 68.7 Å². The number of H-pyrrole nitrogens is 1. The second-order valence-electron chi connectivity index (χ2n) is 14.0. The van der Waals surface area contributed by atoms with Gasteiger partial charge in [-0.3, -0.25) is 19.1 Å². The molecule has 1 amide bonds. The highest BCUT2D eigenvalue weighted by molar-refractivity contribution is 7.44. The van der Waals surface area contributed by atoms with Gasteiger partial charge in [0.15, 0.2) is 6.23 Å². The molecule has 1 aliphatic rings. The zero-order valence-corrected chi connectivity index (χ0v) is 34.2. The quantitative estimate of drug-likeness (QED) is 0.0669. The summed E-state index contributed by atoms with van der Waals surface area (Å²) in [6.45, 7) is 7.02. The molecule has 1 fully saturated rings. The van der Waals surface area contributed by atoms with Crippen molar-refractivity contribution >= 4 is 14.4 Å². The van der Waals surface area contributed by atoms with Crippen LogP contribution in [0.5, 0.6) is 11.5 Å². The van der Waals surface area contributed by atoms with Crippen molar-refractivity contribution in [2.45, 2.75) is 82.5 Å². The summed E-state index contributed by atoms with van der Waals surface area (Å²) in [5.74, 6) is -1.18. The van der Waals surface area contributed by atoms with Gasteiger partial charge in [0.2, 0.25) is 0 Å². The Morgan fingerprint density at radius 3 is 1.97 bits per heavy atom. The Labute approximate surface area is 340 Å². The average Bonchev–Trinajstić information content (AvgIpc) is 3.53. The largest absolute Gasteiger partial charge is 0.497 e. The normalized spacial score (nSPS) is 18.8. The van der Waals surface area contributed by atoms with Crippen molar-refractivity contribution in [3.05, 3.63) is 129 Å². The van der Waals surface area contributed by atoms with Crippen molar-refractivity contribution in [3.63, 3.8) is 0 Å². The molecule has 0 saturated carbocycles. The molecule has 1 saturated heterocycles. The lowest BCUT2D eigenvalue weighted by Crippen LogP contribution is -2.53. The second-order valence-corrected chi connectivity index (χ2v) is 15.4. The highest BCUT2D eigenvalue weighted by atomic mass is 31.2. The van der Waals surface area contributed by atoms with Crippen molar-refractivity contribution in [3.8, 4) is 17.6 Å². The van der Waals surface area contributed by atoms with Crippen molar-refractivity contribution in [2.75, 3.05) is 27.4 Å². The minimum atomic E-state index is -5.35. The van der Waals surface area contributed by atoms with Gasteiger partial charge in [0.1, 0.15) is 35.3 Å². The zero-order valence-electron chi connectivity index (χ0n) is 33.3. The third-order valence-corrected chi connectivity index (χ3v) is 11.7. The maximum absolute atomic E-state index is 14.1. The number of amides is 1. The standard InChI is InChI=1S/C41H47F3N5O9P/c1-26(2)49(27(3)4)59(56-24-10-22-45)58-36-33(57-37(35(36)47-38(51)41(42,43)44)48-23-21-34(50)46-39(48)52)25-55-40(28-11-8-7-9-12-28,29-13-17-31(53-5)18-14-29)30-15-19-32(54-6)20-16-30/h7-9,11-21,23,26-27,33,35-37H,10,24-25H2,1-6H3,(H,47,51)(H,46,50,52)/t33-,35?,36+,37-,59?/m1/s1. The number of hydrogen-bond acceptors (Lipinski definition) is 11. The minimum absolute atomic E-state index is 0.0209. The summed E-state index contributed by atoms with van der Waals surface area (Å²) in [5, 5.41) is 11.3. The van der Waals surface area contributed by atoms with E-state index in [4.69, 9.17) is 28.0 Å². The summed E-state index contributed by atoms with van der Waals surface area (Å²) in [6.07, 6.45) is -8.77. The summed E-state index contributed by atoms with van der Waals surface area (Å²) in [4.78, 5) is 40.3. The maximum atomic E-state index is 14.1. The van der Waals surface area contributed by atoms with Crippen LogP contribution in [0.15, 0.2) is 101 Å². The van der Waals surface area contributed by atoms with Crippen LogP contribution in [0.3, 0.4) is 0 Å². The number of hydrogen-bond donors (Lipinski definition) is 2. The molecule has 5 rings (SSSR count). The Kier molecular flexibility index (Phi) is 15.1. The fourth-order valence-electron chi connectivity index (χ4n) is 6.94. The molecule has 59 heavy (non-hydrogen) atoms. The summed E-state index contributed by atoms with van der Waals surface area (Å²) in [5.41, 5.74) is -1.28. The lowest BCUT2D eigenvalue weighted by atomic mass is 9.80. The number of carbonyl (C=O) groups is 1. The molecular formula is C41H47F3N5O9P. The molecular weight excluding hydrogens is 794 g/mol. The van der Waals surface area contributed by atoms with Crippen molar-refractivity contribution in [1.29, 1.82) is 5.26 Å². The number of nitrogens with zero attached hydrogens (tertiary/aromatic N) is 3. The molecule has 2 N–H and O–H groups in total. The molecule has 2 heterocycles. The second kappa shape index (κ2) is 19.8. The topological polar surface area (TPSA) is 166 Å². The average molecular weight is 842 g/mol. The van der Waals surface area contributed by atoms with Gasteiger partial charge in [0, 0.05) is 24.3 Å². The first-order valence-electron chi connectivity index (χ1n) is 18.7. The number of aromatic amines is 1. The van der Waals surface area contributed by atoms with Crippen LogP contribution in [0, 0.1) is 11.3 Å². The minimum Gasteiger partial charge on any atom is -0.497 e. The van der Waals surface area contributed by atoms with E-state index in [-0.39, 0.29) is 25.1 Å². The van der Waals surface area contributed by atoms with Crippen LogP contribution >= 0.6 is 8.53 Å². The van der Waals surface area contributed by atoms with Gasteiger partial charge in [-0.2, -0.15) is 18.4 Å². The highest BCUT2D eigenvalue weighted by Gasteiger charge is 2.53. The molecule has 14 nitrogen and oxygen atoms in total. The number of alkyl halides is 3. The summed E-state index contributed by atoms with van der Waals surface area (Å²) in [6, 6.07) is 24.4. The predicted octanol–water partition coefficient (Wildman–Crippen LogP) is 6.17. The smallest absolute Gasteiger partial charge is 0.471 e. The number of halogens is 3. The van der Waals surface area contributed by atoms with Crippen LogP contribution in [0.4, 0.5) is 13.2 Å². The van der Waals surface area contributed by atoms with Gasteiger partial charge in [-0.1, -0.05) is 54.6 Å². The Morgan fingerprint density at radius 2 is 1.47 bits per heavy atom. The molecule has 18 heteroatoms. The number of aromatic nitrogens is 2. The molecule has 0 spiro atoms. The molecule has 2 unspecified atom stereocenters. The first-order chi connectivity index (χ1) is 28.1. The van der Waals surface area contributed by atoms with Crippen LogP contribution in [0.1, 0.15) is 57.0 Å². The molecule has 0 bridgehead atoms. The van der Waals surface area contributed by atoms with E-state index in [9.17, 15) is 32.8 Å². The third kappa shape index (κ3) is 10.4. The maximum Gasteiger partial charge on any atom is 0.471 e. The number of ether oxygens (including phenoxy) is 4. The van der Waals surface area contributed by atoms with Gasteiger partial charge in [0.25, 0.3) is 14.1 Å². The van der Waals surface area contributed by atoms with E-state index in [1.165, 1.54) is 14.2 Å². The fraction of sp³-hybridized carbons (Fsp3) is 0.415. The van der Waals surface area contributed by atoms with E-state index >= 15 is 0 Å². The van der Waals surface area contributed by atoms with Crippen LogP contribution in [-0.4, -0.2) is 84.1 Å². The van der Waals surface area contributed by atoms with E-state index < -0.39 is 68.5 Å². The molecule has 0 aliphatic carbocycles. The monoisotopic (exact) mass is 841 g/mol. The van der Waals surface area contributed by atoms with Gasteiger partial charge >= 0.3 is 17.8 Å².